The highest BCUT2D eigenvalue weighted by atomic mass is 32.2. The smallest absolute Gasteiger partial charge is 0.155 e. The first kappa shape index (κ1) is 37.0. The summed E-state index contributed by atoms with van der Waals surface area (Å²) in [5.74, 6) is 0.805. The first-order valence-corrected chi connectivity index (χ1v) is 24.6. The van der Waals surface area contributed by atoms with Crippen LogP contribution < -0.4 is 0 Å². The Morgan fingerprint density at radius 2 is 1.23 bits per heavy atom. The quantitative estimate of drug-likeness (QED) is 0.174. The summed E-state index contributed by atoms with van der Waals surface area (Å²) in [5, 5.41) is 12.8. The van der Waals surface area contributed by atoms with Crippen LogP contribution in [0.15, 0.2) is 203 Å². The highest BCUT2D eigenvalue weighted by Crippen LogP contribution is 2.53. The van der Waals surface area contributed by atoms with E-state index in [0.29, 0.717) is 0 Å². The molecule has 2 unspecified atom stereocenters. The Labute approximate surface area is 389 Å². The Morgan fingerprint density at radius 3 is 2.11 bits per heavy atom. The van der Waals surface area contributed by atoms with E-state index in [1.807, 2.05) is 23.1 Å². The van der Waals surface area contributed by atoms with Gasteiger partial charge in [0.2, 0.25) is 0 Å². The van der Waals surface area contributed by atoms with Crippen LogP contribution in [-0.4, -0.2) is 21.4 Å². The lowest BCUT2D eigenvalue weighted by Crippen LogP contribution is -2.28. The average Bonchev–Trinajstić information content (AvgIpc) is 4.11. The van der Waals surface area contributed by atoms with E-state index in [0.717, 1.165) is 17.1 Å². The van der Waals surface area contributed by atoms with Gasteiger partial charge in [0.05, 0.1) is 33.7 Å². The van der Waals surface area contributed by atoms with Gasteiger partial charge in [0.1, 0.15) is 0 Å². The molecule has 3 aliphatic rings. The van der Waals surface area contributed by atoms with E-state index in [2.05, 4.69) is 206 Å². The Hall–Kier alpha value is -7.31. The third kappa shape index (κ3) is 4.89. The van der Waals surface area contributed by atoms with Gasteiger partial charge in [0, 0.05) is 63.2 Å². The molecule has 0 N–H and O–H groups in total. The van der Waals surface area contributed by atoms with Crippen LogP contribution >= 0.6 is 23.1 Å². The molecule has 10 aromatic carbocycles. The third-order valence-electron chi connectivity index (χ3n) is 14.9. The number of benzene rings is 10. The van der Waals surface area contributed by atoms with E-state index in [4.69, 9.17) is 9.98 Å². The van der Waals surface area contributed by atoms with Crippen LogP contribution in [0.4, 0.5) is 0 Å². The maximum atomic E-state index is 5.75. The minimum atomic E-state index is -0.166. The normalized spacial score (nSPS) is 17.2. The molecule has 0 amide bonds. The molecule has 1 aliphatic carbocycles. The van der Waals surface area contributed by atoms with Gasteiger partial charge in [-0.2, -0.15) is 0 Å². The fourth-order valence-corrected chi connectivity index (χ4v) is 14.6. The highest BCUT2D eigenvalue weighted by Gasteiger charge is 2.41. The number of hydrogen-bond acceptors (Lipinski definition) is 4. The van der Waals surface area contributed by atoms with E-state index in [1.165, 1.54) is 118 Å². The third-order valence-corrected chi connectivity index (χ3v) is 17.5. The van der Waals surface area contributed by atoms with Gasteiger partial charge in [-0.3, -0.25) is 4.99 Å². The minimum Gasteiger partial charge on any atom is -0.308 e. The molecule has 12 aromatic rings. The zero-order valence-corrected chi connectivity index (χ0v) is 37.8. The van der Waals surface area contributed by atoms with Gasteiger partial charge in [-0.15, -0.1) is 23.1 Å². The molecule has 0 saturated heterocycles. The molecule has 2 atom stereocenters. The van der Waals surface area contributed by atoms with E-state index in [-0.39, 0.29) is 16.7 Å². The number of thioether (sulfide) groups is 1. The topological polar surface area (TPSA) is 29.6 Å². The Balaban J connectivity index is 1.00. The largest absolute Gasteiger partial charge is 0.308 e. The molecule has 15 rings (SSSR count). The maximum absolute atomic E-state index is 5.75. The number of thiophene rings is 1. The fourth-order valence-electron chi connectivity index (χ4n) is 12.0. The Kier molecular flexibility index (Phi) is 7.50. The van der Waals surface area contributed by atoms with Crippen molar-refractivity contribution in [1.29, 1.82) is 0 Å². The second-order valence-electron chi connectivity index (χ2n) is 18.7. The lowest BCUT2D eigenvalue weighted by molar-refractivity contribution is 0.660. The molecule has 3 nitrogen and oxygen atoms in total. The van der Waals surface area contributed by atoms with Crippen LogP contribution in [0.3, 0.4) is 0 Å². The summed E-state index contributed by atoms with van der Waals surface area (Å²) < 4.78 is 5.24. The first-order chi connectivity index (χ1) is 32.5. The molecule has 5 heteroatoms. The summed E-state index contributed by atoms with van der Waals surface area (Å²) in [4.78, 5) is 12.5. The van der Waals surface area contributed by atoms with Crippen molar-refractivity contribution < 1.29 is 0 Å². The number of amidine groups is 1. The SMILES string of the molecule is CC1(C)c2ccccc2-c2ccc(C3=NC(c4ccc(-n5c6ccc7ccccc7c6c6c7ccccc7c7sc8ccccc8c7c65)c5ccccc45)C4Sc5ccccc5C4=N3)cc21. The van der Waals surface area contributed by atoms with Gasteiger partial charge in [-0.05, 0) is 79.7 Å². The minimum absolute atomic E-state index is 0.0401. The zero-order valence-electron chi connectivity index (χ0n) is 36.2. The summed E-state index contributed by atoms with van der Waals surface area (Å²) in [6, 6.07) is 69.9. The molecule has 310 valence electrons. The predicted molar refractivity (Wildman–Crippen MR) is 282 cm³/mol. The number of hydrogen-bond donors (Lipinski definition) is 0. The van der Waals surface area contributed by atoms with Crippen molar-refractivity contribution in [2.24, 2.45) is 9.98 Å². The highest BCUT2D eigenvalue weighted by molar-refractivity contribution is 8.01. The zero-order chi connectivity index (χ0) is 43.4. The Bertz CT molecular complexity index is 4200. The van der Waals surface area contributed by atoms with Crippen molar-refractivity contribution in [2.45, 2.75) is 35.4 Å². The number of nitrogens with zero attached hydrogens (tertiary/aromatic N) is 3. The summed E-state index contributed by atoms with van der Waals surface area (Å²) in [5.41, 5.74) is 13.5. The van der Waals surface area contributed by atoms with Crippen molar-refractivity contribution >= 4 is 109 Å². The molecule has 0 radical (unpaired) electrons. The van der Waals surface area contributed by atoms with E-state index < -0.39 is 0 Å². The summed E-state index contributed by atoms with van der Waals surface area (Å²) in [6.07, 6.45) is 0. The predicted octanol–water partition coefficient (Wildman–Crippen LogP) is 16.4. The van der Waals surface area contributed by atoms with Crippen LogP contribution in [0.1, 0.15) is 47.7 Å². The molecule has 0 fully saturated rings. The number of aromatic nitrogens is 1. The van der Waals surface area contributed by atoms with Crippen molar-refractivity contribution in [3.05, 3.63) is 216 Å². The second kappa shape index (κ2) is 13.4. The van der Waals surface area contributed by atoms with Crippen LogP contribution in [0.5, 0.6) is 0 Å². The average molecular weight is 878 g/mol. The molecule has 2 aromatic heterocycles. The summed E-state index contributed by atoms with van der Waals surface area (Å²) >= 11 is 3.82. The van der Waals surface area contributed by atoms with Gasteiger partial charge < -0.3 is 4.57 Å². The molecular weight excluding hydrogens is 839 g/mol. The van der Waals surface area contributed by atoms with Gasteiger partial charge in [0.25, 0.3) is 0 Å². The molecule has 0 saturated carbocycles. The molecule has 2 aliphatic heterocycles. The second-order valence-corrected chi connectivity index (χ2v) is 20.9. The lowest BCUT2D eigenvalue weighted by atomic mass is 9.82. The molecular formula is C61H39N3S2. The van der Waals surface area contributed by atoms with Crippen molar-refractivity contribution in [1.82, 2.24) is 4.57 Å². The first-order valence-electron chi connectivity index (χ1n) is 22.9. The molecule has 0 bridgehead atoms. The number of rotatable bonds is 3. The van der Waals surface area contributed by atoms with E-state index in [9.17, 15) is 0 Å². The van der Waals surface area contributed by atoms with Crippen LogP contribution in [0, 0.1) is 0 Å². The van der Waals surface area contributed by atoms with Crippen LogP contribution in [0.2, 0.25) is 0 Å². The molecule has 4 heterocycles. The number of fused-ring (bicyclic) bond motifs is 19. The Morgan fingerprint density at radius 1 is 0.530 bits per heavy atom. The van der Waals surface area contributed by atoms with Crippen molar-refractivity contribution in [3.63, 3.8) is 0 Å². The van der Waals surface area contributed by atoms with Gasteiger partial charge in [-0.1, -0.05) is 172 Å². The van der Waals surface area contributed by atoms with Gasteiger partial charge in [-0.25, -0.2) is 4.99 Å². The summed E-state index contributed by atoms with van der Waals surface area (Å²) in [6.45, 7) is 4.70. The molecule has 0 spiro atoms. The van der Waals surface area contributed by atoms with Crippen molar-refractivity contribution in [3.8, 4) is 16.8 Å². The van der Waals surface area contributed by atoms with Crippen LogP contribution in [0.25, 0.3) is 91.1 Å². The summed E-state index contributed by atoms with van der Waals surface area (Å²) in [7, 11) is 0. The van der Waals surface area contributed by atoms with Crippen molar-refractivity contribution in [2.75, 3.05) is 0 Å². The maximum Gasteiger partial charge on any atom is 0.155 e. The standard InChI is InChI=1S/C61H39N3S2/c1-61(2)46-24-12-9-18-38(46)39-29-27-35(33-47(39)61)60-62-55(59-56(63-60)45-23-11-14-26-51(45)66-59)42-30-32-48(40-19-6-5-17-37(40)42)64-49-31-28-34-15-3-4-16-36(34)52(49)53-41-20-7-8-21-43(41)58-54(57(53)64)44-22-10-13-25-50(44)65-58/h3-33,55,59H,1-2H3. The van der Waals surface area contributed by atoms with E-state index >= 15 is 0 Å². The van der Waals surface area contributed by atoms with Crippen LogP contribution in [-0.2, 0) is 5.41 Å². The van der Waals surface area contributed by atoms with Gasteiger partial charge in [0.15, 0.2) is 5.84 Å². The molecule has 66 heavy (non-hydrogen) atoms. The monoisotopic (exact) mass is 877 g/mol. The van der Waals surface area contributed by atoms with E-state index in [1.54, 1.807) is 0 Å². The lowest BCUT2D eigenvalue weighted by Gasteiger charge is -2.27. The van der Waals surface area contributed by atoms with Gasteiger partial charge >= 0.3 is 0 Å². The number of aliphatic imine (C=N–C) groups is 2. The fraction of sp³-hybridized carbons (Fsp3) is 0.0820.